The lowest BCUT2D eigenvalue weighted by atomic mass is 10.0. The highest BCUT2D eigenvalue weighted by Gasteiger charge is 2.22. The predicted octanol–water partition coefficient (Wildman–Crippen LogP) is 1.60. The number of piperidine rings is 1. The number of nitrogens with one attached hydrogen (secondary N) is 1. The van der Waals surface area contributed by atoms with Gasteiger partial charge in [-0.05, 0) is 56.1 Å². The van der Waals surface area contributed by atoms with Gasteiger partial charge in [-0.25, -0.2) is 12.8 Å². The Labute approximate surface area is 101 Å². The Morgan fingerprint density at radius 1 is 1.29 bits per heavy atom. The van der Waals surface area contributed by atoms with Gasteiger partial charge in [0.1, 0.15) is 5.82 Å². The number of halogens is 1. The van der Waals surface area contributed by atoms with Crippen molar-refractivity contribution in [2.75, 3.05) is 18.8 Å². The summed E-state index contributed by atoms with van der Waals surface area (Å²) < 4.78 is 36.9. The smallest absolute Gasteiger partial charge is 0.178 e. The summed E-state index contributed by atoms with van der Waals surface area (Å²) >= 11 is 0. The van der Waals surface area contributed by atoms with Gasteiger partial charge in [-0.3, -0.25) is 0 Å². The lowest BCUT2D eigenvalue weighted by Gasteiger charge is -2.22. The summed E-state index contributed by atoms with van der Waals surface area (Å²) in [4.78, 5) is 0.212. The van der Waals surface area contributed by atoms with Gasteiger partial charge in [-0.15, -0.1) is 0 Å². The number of hydrogen-bond donors (Lipinski definition) is 1. The molecule has 1 aliphatic rings. The highest BCUT2D eigenvalue weighted by atomic mass is 32.2. The minimum atomic E-state index is -3.28. The quantitative estimate of drug-likeness (QED) is 0.837. The van der Waals surface area contributed by atoms with Crippen LogP contribution in [0.5, 0.6) is 0 Å². The van der Waals surface area contributed by atoms with Crippen LogP contribution >= 0.6 is 0 Å². The molecule has 3 nitrogen and oxygen atoms in total. The van der Waals surface area contributed by atoms with Crippen molar-refractivity contribution in [1.29, 1.82) is 0 Å². The highest BCUT2D eigenvalue weighted by Crippen LogP contribution is 2.18. The minimum absolute atomic E-state index is 0.144. The first-order valence-corrected chi connectivity index (χ1v) is 7.42. The van der Waals surface area contributed by atoms with Crippen LogP contribution in [0.15, 0.2) is 29.2 Å². The fourth-order valence-electron chi connectivity index (χ4n) is 2.11. The lowest BCUT2D eigenvalue weighted by molar-refractivity contribution is 0.404. The molecule has 94 valence electrons. The maximum atomic E-state index is 12.7. The van der Waals surface area contributed by atoms with Crippen LogP contribution in [0.2, 0.25) is 0 Å². The van der Waals surface area contributed by atoms with Crippen LogP contribution in [0.3, 0.4) is 0 Å². The molecule has 1 heterocycles. The molecule has 2 rings (SSSR count). The van der Waals surface area contributed by atoms with Crippen molar-refractivity contribution in [3.63, 3.8) is 0 Å². The monoisotopic (exact) mass is 257 g/mol. The molecule has 0 saturated carbocycles. The molecule has 1 aromatic carbocycles. The van der Waals surface area contributed by atoms with Gasteiger partial charge in [0.15, 0.2) is 9.84 Å². The standard InChI is InChI=1S/C12H16FNO2S/c13-11-3-5-12(6-4-11)17(15,16)9-10-2-1-7-14-8-10/h3-6,10,14H,1-2,7-9H2/t10-/m0/s1. The second kappa shape index (κ2) is 5.14. The maximum absolute atomic E-state index is 12.7. The van der Waals surface area contributed by atoms with Crippen molar-refractivity contribution in [1.82, 2.24) is 5.32 Å². The Morgan fingerprint density at radius 3 is 2.59 bits per heavy atom. The predicted molar refractivity (Wildman–Crippen MR) is 64.0 cm³/mol. The Hall–Kier alpha value is -0.940. The van der Waals surface area contributed by atoms with Crippen molar-refractivity contribution in [2.45, 2.75) is 17.7 Å². The number of benzene rings is 1. The minimum Gasteiger partial charge on any atom is -0.316 e. The molecular formula is C12H16FNO2S. The summed E-state index contributed by atoms with van der Waals surface area (Å²) in [5.74, 6) is -0.104. The van der Waals surface area contributed by atoms with Gasteiger partial charge in [0.25, 0.3) is 0 Å². The molecule has 17 heavy (non-hydrogen) atoms. The van der Waals surface area contributed by atoms with E-state index in [9.17, 15) is 12.8 Å². The molecule has 1 aromatic rings. The van der Waals surface area contributed by atoms with Crippen molar-refractivity contribution < 1.29 is 12.8 Å². The third-order valence-corrected chi connectivity index (χ3v) is 4.93. The largest absolute Gasteiger partial charge is 0.316 e. The van der Waals surface area contributed by atoms with E-state index in [4.69, 9.17) is 0 Å². The van der Waals surface area contributed by atoms with Crippen LogP contribution in [-0.2, 0) is 9.84 Å². The van der Waals surface area contributed by atoms with E-state index in [2.05, 4.69) is 5.32 Å². The van der Waals surface area contributed by atoms with E-state index in [0.717, 1.165) is 25.9 Å². The lowest BCUT2D eigenvalue weighted by Crippen LogP contribution is -2.33. The molecule has 1 saturated heterocycles. The Balaban J connectivity index is 2.10. The van der Waals surface area contributed by atoms with Gasteiger partial charge >= 0.3 is 0 Å². The first-order chi connectivity index (χ1) is 8.08. The summed E-state index contributed by atoms with van der Waals surface area (Å²) in [7, 11) is -3.28. The Morgan fingerprint density at radius 2 is 2.00 bits per heavy atom. The number of rotatable bonds is 3. The zero-order chi connectivity index (χ0) is 12.3. The van der Waals surface area contributed by atoms with Crippen LogP contribution in [0, 0.1) is 11.7 Å². The van der Waals surface area contributed by atoms with E-state index < -0.39 is 15.7 Å². The zero-order valence-electron chi connectivity index (χ0n) is 9.52. The first-order valence-electron chi connectivity index (χ1n) is 5.77. The third kappa shape index (κ3) is 3.26. The van der Waals surface area contributed by atoms with E-state index in [-0.39, 0.29) is 16.6 Å². The van der Waals surface area contributed by atoms with E-state index >= 15 is 0 Å². The summed E-state index contributed by atoms with van der Waals surface area (Å²) in [6.07, 6.45) is 1.96. The van der Waals surface area contributed by atoms with Gasteiger partial charge in [-0.1, -0.05) is 0 Å². The topological polar surface area (TPSA) is 46.2 Å². The van der Waals surface area contributed by atoms with Crippen LogP contribution in [0.25, 0.3) is 0 Å². The SMILES string of the molecule is O=S(=O)(C[C@H]1CCCNC1)c1ccc(F)cc1. The molecular weight excluding hydrogens is 241 g/mol. The average molecular weight is 257 g/mol. The molecule has 0 aromatic heterocycles. The van der Waals surface area contributed by atoms with E-state index in [1.807, 2.05) is 0 Å². The van der Waals surface area contributed by atoms with Crippen LogP contribution in [0.4, 0.5) is 4.39 Å². The fourth-order valence-corrected chi connectivity index (χ4v) is 3.76. The van der Waals surface area contributed by atoms with Gasteiger partial charge in [-0.2, -0.15) is 0 Å². The second-order valence-electron chi connectivity index (χ2n) is 4.45. The van der Waals surface area contributed by atoms with E-state index in [0.29, 0.717) is 0 Å². The Kier molecular flexibility index (Phi) is 3.79. The van der Waals surface area contributed by atoms with Crippen molar-refractivity contribution in [3.8, 4) is 0 Å². The normalized spacial score (nSPS) is 21.4. The molecule has 5 heteroatoms. The summed E-state index contributed by atoms with van der Waals surface area (Å²) in [5.41, 5.74) is 0. The molecule has 1 N–H and O–H groups in total. The summed E-state index contributed by atoms with van der Waals surface area (Å²) in [6.45, 7) is 1.72. The summed E-state index contributed by atoms with van der Waals surface area (Å²) in [5, 5.41) is 3.19. The Bertz CT molecular complexity index is 464. The number of hydrogen-bond acceptors (Lipinski definition) is 3. The maximum Gasteiger partial charge on any atom is 0.178 e. The van der Waals surface area contributed by atoms with Gasteiger partial charge in [0.2, 0.25) is 0 Å². The van der Waals surface area contributed by atoms with E-state index in [1.54, 1.807) is 0 Å². The highest BCUT2D eigenvalue weighted by molar-refractivity contribution is 7.91. The molecule has 0 radical (unpaired) electrons. The molecule has 1 aliphatic heterocycles. The van der Waals surface area contributed by atoms with Crippen molar-refractivity contribution in [2.24, 2.45) is 5.92 Å². The first kappa shape index (κ1) is 12.5. The second-order valence-corrected chi connectivity index (χ2v) is 6.48. The van der Waals surface area contributed by atoms with Crippen molar-refractivity contribution in [3.05, 3.63) is 30.1 Å². The average Bonchev–Trinajstić information content (AvgIpc) is 2.30. The van der Waals surface area contributed by atoms with Crippen LogP contribution in [-0.4, -0.2) is 27.3 Å². The molecule has 1 fully saturated rings. The van der Waals surface area contributed by atoms with Gasteiger partial charge in [0.05, 0.1) is 10.6 Å². The number of sulfone groups is 1. The molecule has 0 aliphatic carbocycles. The van der Waals surface area contributed by atoms with Crippen molar-refractivity contribution >= 4 is 9.84 Å². The van der Waals surface area contributed by atoms with Crippen LogP contribution < -0.4 is 5.32 Å². The molecule has 0 unspecified atom stereocenters. The summed E-state index contributed by atoms with van der Waals surface area (Å²) in [6, 6.07) is 5.04. The molecule has 0 amide bonds. The molecule has 1 atom stereocenters. The van der Waals surface area contributed by atoms with E-state index in [1.165, 1.54) is 24.3 Å². The molecule has 0 spiro atoms. The van der Waals surface area contributed by atoms with Crippen LogP contribution in [0.1, 0.15) is 12.8 Å². The zero-order valence-corrected chi connectivity index (χ0v) is 10.3. The van der Waals surface area contributed by atoms with Gasteiger partial charge in [0, 0.05) is 0 Å². The van der Waals surface area contributed by atoms with Gasteiger partial charge < -0.3 is 5.32 Å². The molecule has 0 bridgehead atoms. The fraction of sp³-hybridized carbons (Fsp3) is 0.500. The third-order valence-electron chi connectivity index (χ3n) is 3.03.